The normalized spacial score (nSPS) is 12.5. The number of methoxy groups -OCH3 is 1. The van der Waals surface area contributed by atoms with E-state index < -0.39 is 11.7 Å². The van der Waals surface area contributed by atoms with E-state index in [0.717, 1.165) is 34.3 Å². The first kappa shape index (κ1) is 23.6. The third-order valence-electron chi connectivity index (χ3n) is 5.59. The predicted octanol–water partition coefficient (Wildman–Crippen LogP) is 6.66. The summed E-state index contributed by atoms with van der Waals surface area (Å²) >= 11 is 0. The fourth-order valence-corrected chi connectivity index (χ4v) is 3.74. The molecule has 0 spiro atoms. The standard InChI is InChI=1S/C27H25F3N2O2/c1-18(19-5-3-7-24(15-19)33-2)31-11-12-34-25-16-22(14-23(17-25)27(28,29)30)20-8-9-26-21(13-20)6-4-10-32-26/h3-10,13-18,31H,11-12H2,1-2H3. The highest BCUT2D eigenvalue weighted by Gasteiger charge is 2.31. The second-order valence-corrected chi connectivity index (χ2v) is 7.96. The molecule has 0 fully saturated rings. The third kappa shape index (κ3) is 5.66. The lowest BCUT2D eigenvalue weighted by molar-refractivity contribution is -0.137. The Bertz CT molecular complexity index is 1270. The molecule has 0 saturated heterocycles. The quantitative estimate of drug-likeness (QED) is 0.295. The van der Waals surface area contributed by atoms with Gasteiger partial charge in [-0.3, -0.25) is 4.98 Å². The van der Waals surface area contributed by atoms with Crippen LogP contribution in [0.3, 0.4) is 0 Å². The molecule has 7 heteroatoms. The minimum absolute atomic E-state index is 0.0296. The Morgan fingerprint density at radius 3 is 2.56 bits per heavy atom. The Hall–Kier alpha value is -3.58. The van der Waals surface area contributed by atoms with Gasteiger partial charge in [0.05, 0.1) is 18.2 Å². The first-order chi connectivity index (χ1) is 16.3. The Kier molecular flexibility index (Phi) is 7.03. The van der Waals surface area contributed by atoms with Crippen LogP contribution in [0.15, 0.2) is 79.0 Å². The Morgan fingerprint density at radius 2 is 1.76 bits per heavy atom. The number of hydrogen-bond acceptors (Lipinski definition) is 4. The Morgan fingerprint density at radius 1 is 0.912 bits per heavy atom. The van der Waals surface area contributed by atoms with Gasteiger partial charge < -0.3 is 14.8 Å². The Labute approximate surface area is 196 Å². The van der Waals surface area contributed by atoms with Gasteiger partial charge in [-0.1, -0.05) is 24.3 Å². The number of nitrogens with one attached hydrogen (secondary N) is 1. The molecular formula is C27H25F3N2O2. The summed E-state index contributed by atoms with van der Waals surface area (Å²) in [7, 11) is 1.61. The van der Waals surface area contributed by atoms with Gasteiger partial charge in [0.1, 0.15) is 18.1 Å². The summed E-state index contributed by atoms with van der Waals surface area (Å²) in [6.45, 7) is 2.69. The van der Waals surface area contributed by atoms with Gasteiger partial charge in [-0.05, 0) is 72.1 Å². The van der Waals surface area contributed by atoms with Crippen molar-refractivity contribution in [2.45, 2.75) is 19.1 Å². The van der Waals surface area contributed by atoms with Crippen LogP contribution >= 0.6 is 0 Å². The SMILES string of the molecule is COc1cccc(C(C)NCCOc2cc(-c3ccc4ncccc4c3)cc(C(F)(F)F)c2)c1. The smallest absolute Gasteiger partial charge is 0.416 e. The molecule has 4 nitrogen and oxygen atoms in total. The van der Waals surface area contributed by atoms with Gasteiger partial charge in [-0.15, -0.1) is 0 Å². The summed E-state index contributed by atoms with van der Waals surface area (Å²) in [4.78, 5) is 4.27. The van der Waals surface area contributed by atoms with Crippen LogP contribution in [-0.4, -0.2) is 25.2 Å². The highest BCUT2D eigenvalue weighted by molar-refractivity contribution is 5.84. The van der Waals surface area contributed by atoms with Crippen molar-refractivity contribution in [3.05, 3.63) is 90.1 Å². The second kappa shape index (κ2) is 10.1. The van der Waals surface area contributed by atoms with Crippen LogP contribution in [0.2, 0.25) is 0 Å². The molecule has 4 rings (SSSR count). The highest BCUT2D eigenvalue weighted by Crippen LogP contribution is 2.36. The molecule has 1 aromatic heterocycles. The van der Waals surface area contributed by atoms with Gasteiger partial charge in [-0.25, -0.2) is 0 Å². The van der Waals surface area contributed by atoms with Crippen molar-refractivity contribution in [1.29, 1.82) is 0 Å². The molecule has 3 aromatic carbocycles. The number of aromatic nitrogens is 1. The molecule has 4 aromatic rings. The zero-order chi connectivity index (χ0) is 24.1. The van der Waals surface area contributed by atoms with Crippen molar-refractivity contribution in [2.75, 3.05) is 20.3 Å². The summed E-state index contributed by atoms with van der Waals surface area (Å²) < 4.78 is 51.7. The van der Waals surface area contributed by atoms with E-state index >= 15 is 0 Å². The van der Waals surface area contributed by atoms with Crippen LogP contribution in [0.25, 0.3) is 22.0 Å². The van der Waals surface area contributed by atoms with Gasteiger partial charge in [0.25, 0.3) is 0 Å². The van der Waals surface area contributed by atoms with Crippen molar-refractivity contribution < 1.29 is 22.6 Å². The van der Waals surface area contributed by atoms with Crippen molar-refractivity contribution in [3.8, 4) is 22.6 Å². The maximum atomic E-state index is 13.6. The molecule has 0 aliphatic heterocycles. The lowest BCUT2D eigenvalue weighted by Crippen LogP contribution is -2.24. The number of alkyl halides is 3. The van der Waals surface area contributed by atoms with E-state index in [4.69, 9.17) is 9.47 Å². The molecule has 1 atom stereocenters. The number of hydrogen-bond donors (Lipinski definition) is 1. The van der Waals surface area contributed by atoms with E-state index in [2.05, 4.69) is 10.3 Å². The molecule has 0 aliphatic rings. The summed E-state index contributed by atoms with van der Waals surface area (Å²) in [5.74, 6) is 0.940. The van der Waals surface area contributed by atoms with E-state index in [1.165, 1.54) is 0 Å². The lowest BCUT2D eigenvalue weighted by atomic mass is 10.0. The summed E-state index contributed by atoms with van der Waals surface area (Å²) in [5.41, 5.74) is 2.19. The molecule has 0 aliphatic carbocycles. The second-order valence-electron chi connectivity index (χ2n) is 7.96. The molecule has 0 amide bonds. The molecule has 1 heterocycles. The number of fused-ring (bicyclic) bond motifs is 1. The third-order valence-corrected chi connectivity index (χ3v) is 5.59. The van der Waals surface area contributed by atoms with E-state index in [1.807, 2.05) is 43.3 Å². The van der Waals surface area contributed by atoms with Crippen molar-refractivity contribution in [3.63, 3.8) is 0 Å². The zero-order valence-corrected chi connectivity index (χ0v) is 18.9. The minimum Gasteiger partial charge on any atom is -0.497 e. The van der Waals surface area contributed by atoms with Crippen LogP contribution in [0.1, 0.15) is 24.1 Å². The largest absolute Gasteiger partial charge is 0.497 e. The first-order valence-corrected chi connectivity index (χ1v) is 10.9. The van der Waals surface area contributed by atoms with Gasteiger partial charge >= 0.3 is 6.18 Å². The minimum atomic E-state index is -4.48. The van der Waals surface area contributed by atoms with E-state index in [1.54, 1.807) is 37.6 Å². The van der Waals surface area contributed by atoms with Crippen LogP contribution < -0.4 is 14.8 Å². The first-order valence-electron chi connectivity index (χ1n) is 10.9. The number of nitrogens with zero attached hydrogens (tertiary/aromatic N) is 1. The number of halogens is 3. The maximum absolute atomic E-state index is 13.6. The van der Waals surface area contributed by atoms with Crippen molar-refractivity contribution in [2.24, 2.45) is 0 Å². The van der Waals surface area contributed by atoms with Crippen LogP contribution in [0.5, 0.6) is 11.5 Å². The van der Waals surface area contributed by atoms with Gasteiger partial charge in [0.15, 0.2) is 0 Å². The Balaban J connectivity index is 1.48. The van der Waals surface area contributed by atoms with E-state index in [9.17, 15) is 13.2 Å². The predicted molar refractivity (Wildman–Crippen MR) is 127 cm³/mol. The topological polar surface area (TPSA) is 43.4 Å². The maximum Gasteiger partial charge on any atom is 0.416 e. The molecule has 176 valence electrons. The fraction of sp³-hybridized carbons (Fsp3) is 0.222. The number of pyridine rings is 1. The van der Waals surface area contributed by atoms with Gasteiger partial charge in [-0.2, -0.15) is 13.2 Å². The van der Waals surface area contributed by atoms with Crippen LogP contribution in [0.4, 0.5) is 13.2 Å². The zero-order valence-electron chi connectivity index (χ0n) is 18.9. The molecule has 0 radical (unpaired) electrons. The van der Waals surface area contributed by atoms with E-state index in [-0.39, 0.29) is 18.4 Å². The summed E-state index contributed by atoms with van der Waals surface area (Å²) in [6, 6.07) is 20.6. The van der Waals surface area contributed by atoms with E-state index in [0.29, 0.717) is 17.7 Å². The fourth-order valence-electron chi connectivity index (χ4n) is 3.74. The van der Waals surface area contributed by atoms with Crippen molar-refractivity contribution >= 4 is 10.9 Å². The molecular weight excluding hydrogens is 441 g/mol. The number of benzene rings is 3. The van der Waals surface area contributed by atoms with Crippen LogP contribution in [0, 0.1) is 0 Å². The molecule has 1 N–H and O–H groups in total. The van der Waals surface area contributed by atoms with Gasteiger partial charge in [0, 0.05) is 24.2 Å². The summed E-state index contributed by atoms with van der Waals surface area (Å²) in [6.07, 6.45) is -2.80. The number of ether oxygens (including phenoxy) is 2. The molecule has 0 saturated carbocycles. The number of rotatable bonds is 8. The monoisotopic (exact) mass is 466 g/mol. The average Bonchev–Trinajstić information content (AvgIpc) is 2.85. The highest BCUT2D eigenvalue weighted by atomic mass is 19.4. The molecule has 0 bridgehead atoms. The molecule has 1 unspecified atom stereocenters. The van der Waals surface area contributed by atoms with Crippen LogP contribution in [-0.2, 0) is 6.18 Å². The average molecular weight is 467 g/mol. The molecule has 34 heavy (non-hydrogen) atoms. The van der Waals surface area contributed by atoms with Crippen molar-refractivity contribution in [1.82, 2.24) is 10.3 Å². The van der Waals surface area contributed by atoms with Gasteiger partial charge in [0.2, 0.25) is 0 Å². The summed E-state index contributed by atoms with van der Waals surface area (Å²) in [5, 5.41) is 4.18. The lowest BCUT2D eigenvalue weighted by Gasteiger charge is -2.17.